The first-order valence-electron chi connectivity index (χ1n) is 11.4. The van der Waals surface area contributed by atoms with Gasteiger partial charge in [-0.1, -0.05) is 54.6 Å². The van der Waals surface area contributed by atoms with Gasteiger partial charge >= 0.3 is 0 Å². The van der Waals surface area contributed by atoms with Crippen LogP contribution in [-0.4, -0.2) is 30.9 Å². The summed E-state index contributed by atoms with van der Waals surface area (Å²) in [5.41, 5.74) is 4.61. The average molecular weight is 457 g/mol. The largest absolute Gasteiger partial charge is 0.361 e. The molecule has 168 valence electrons. The molecule has 0 amide bonds. The van der Waals surface area contributed by atoms with Crippen molar-refractivity contribution in [2.45, 2.75) is 36.7 Å². The smallest absolute Gasteiger partial charge is 0.199 e. The lowest BCUT2D eigenvalue weighted by Gasteiger charge is -2.24. The van der Waals surface area contributed by atoms with Gasteiger partial charge in [-0.2, -0.15) is 0 Å². The first-order chi connectivity index (χ1) is 16.1. The maximum Gasteiger partial charge on any atom is 0.199 e. The summed E-state index contributed by atoms with van der Waals surface area (Å²) < 4.78 is 25.2. The van der Waals surface area contributed by atoms with Gasteiger partial charge < -0.3 is 4.98 Å². The van der Waals surface area contributed by atoms with Crippen molar-refractivity contribution in [3.8, 4) is 0 Å². The molecule has 5 heteroatoms. The summed E-state index contributed by atoms with van der Waals surface area (Å²) in [7, 11) is -3.46. The predicted octanol–water partition coefficient (Wildman–Crippen LogP) is 5.82. The minimum absolute atomic E-state index is 0.310. The Balaban J connectivity index is 1.35. The van der Waals surface area contributed by atoms with Crippen molar-refractivity contribution in [1.82, 2.24) is 9.88 Å². The number of aromatic amines is 1. The number of nitrogens with zero attached hydrogens (tertiary/aromatic N) is 1. The highest BCUT2D eigenvalue weighted by molar-refractivity contribution is 7.94. The Morgan fingerprint density at radius 2 is 1.73 bits per heavy atom. The molecule has 33 heavy (non-hydrogen) atoms. The number of benzene rings is 3. The Morgan fingerprint density at radius 1 is 0.970 bits per heavy atom. The van der Waals surface area contributed by atoms with Crippen LogP contribution < -0.4 is 0 Å². The Morgan fingerprint density at radius 3 is 2.52 bits per heavy atom. The molecule has 0 aliphatic carbocycles. The van der Waals surface area contributed by atoms with E-state index in [1.165, 1.54) is 34.8 Å². The molecule has 0 bridgehead atoms. The van der Waals surface area contributed by atoms with Crippen LogP contribution in [0.25, 0.3) is 17.0 Å². The summed E-state index contributed by atoms with van der Waals surface area (Å²) in [6.45, 7) is 2.12. The van der Waals surface area contributed by atoms with Crippen LogP contribution in [-0.2, 0) is 22.8 Å². The number of aromatic nitrogens is 1. The van der Waals surface area contributed by atoms with E-state index in [2.05, 4.69) is 52.5 Å². The van der Waals surface area contributed by atoms with Crippen LogP contribution in [0.1, 0.15) is 29.5 Å². The molecular weight excluding hydrogens is 428 g/mol. The zero-order valence-corrected chi connectivity index (χ0v) is 19.3. The number of likely N-dealkylation sites (tertiary alicyclic amines) is 1. The van der Waals surface area contributed by atoms with Crippen molar-refractivity contribution in [2.75, 3.05) is 6.54 Å². The number of hydrogen-bond acceptors (Lipinski definition) is 3. The Hall–Kier alpha value is -3.15. The van der Waals surface area contributed by atoms with E-state index in [9.17, 15) is 8.42 Å². The highest BCUT2D eigenvalue weighted by atomic mass is 32.2. The predicted molar refractivity (Wildman–Crippen MR) is 135 cm³/mol. The van der Waals surface area contributed by atoms with Crippen LogP contribution in [0.4, 0.5) is 0 Å². The third-order valence-corrected chi connectivity index (χ3v) is 7.91. The number of rotatable bonds is 7. The highest BCUT2D eigenvalue weighted by Crippen LogP contribution is 2.28. The van der Waals surface area contributed by atoms with Crippen molar-refractivity contribution in [3.63, 3.8) is 0 Å². The maximum atomic E-state index is 12.6. The molecule has 1 fully saturated rings. The van der Waals surface area contributed by atoms with Crippen LogP contribution in [0.15, 0.2) is 95.4 Å². The molecule has 1 aliphatic heterocycles. The van der Waals surface area contributed by atoms with Crippen LogP contribution in [0.2, 0.25) is 0 Å². The first-order valence-corrected chi connectivity index (χ1v) is 13.0. The fourth-order valence-corrected chi connectivity index (χ4v) is 5.76. The molecule has 2 heterocycles. The lowest BCUT2D eigenvalue weighted by molar-refractivity contribution is 0.244. The van der Waals surface area contributed by atoms with Crippen LogP contribution in [0.5, 0.6) is 0 Å². The standard InChI is InChI=1S/C28H28N2O2S/c31-33(32,26-11-5-2-6-12-26)17-15-22-13-14-28-27(18-22)24(20-29-28)19-25-10-7-16-30(25)21-23-8-3-1-4-9-23/h1-6,8-9,11-15,17-18,20,25,29H,7,10,16,19,21H2. The minimum atomic E-state index is -3.46. The summed E-state index contributed by atoms with van der Waals surface area (Å²) in [6, 6.07) is 25.8. The van der Waals surface area contributed by atoms with Gasteiger partial charge in [0.25, 0.3) is 0 Å². The maximum absolute atomic E-state index is 12.6. The van der Waals surface area contributed by atoms with E-state index in [0.29, 0.717) is 10.9 Å². The van der Waals surface area contributed by atoms with E-state index >= 15 is 0 Å². The Bertz CT molecular complexity index is 1360. The van der Waals surface area contributed by atoms with E-state index in [1.807, 2.05) is 18.2 Å². The first kappa shape index (κ1) is 21.7. The second-order valence-corrected chi connectivity index (χ2v) is 10.6. The second-order valence-electron chi connectivity index (χ2n) is 8.74. The van der Waals surface area contributed by atoms with Crippen LogP contribution in [0, 0.1) is 0 Å². The zero-order valence-electron chi connectivity index (χ0n) is 18.5. The summed E-state index contributed by atoms with van der Waals surface area (Å²) in [5, 5.41) is 2.47. The van der Waals surface area contributed by atoms with Crippen molar-refractivity contribution in [1.29, 1.82) is 0 Å². The molecular formula is C28H28N2O2S. The molecule has 1 saturated heterocycles. The number of H-pyrrole nitrogens is 1. The number of hydrogen-bond donors (Lipinski definition) is 1. The van der Waals surface area contributed by atoms with Gasteiger partial charge in [0.15, 0.2) is 9.84 Å². The fourth-order valence-electron chi connectivity index (χ4n) is 4.73. The van der Waals surface area contributed by atoms with Crippen LogP contribution >= 0.6 is 0 Å². The van der Waals surface area contributed by atoms with E-state index in [1.54, 1.807) is 30.3 Å². The zero-order chi connectivity index (χ0) is 22.7. The third-order valence-electron chi connectivity index (χ3n) is 6.49. The van der Waals surface area contributed by atoms with Gasteiger partial charge in [-0.05, 0) is 72.8 Å². The minimum Gasteiger partial charge on any atom is -0.361 e. The van der Waals surface area contributed by atoms with Crippen molar-refractivity contribution >= 4 is 26.8 Å². The lowest BCUT2D eigenvalue weighted by Crippen LogP contribution is -2.30. The molecule has 5 rings (SSSR count). The molecule has 1 unspecified atom stereocenters. The SMILES string of the molecule is O=S(=O)(C=Cc1ccc2[nH]cc(CC3CCCN3Cc3ccccc3)c2c1)c1ccccc1. The number of fused-ring (bicyclic) bond motifs is 1. The van der Waals surface area contributed by atoms with Crippen molar-refractivity contribution in [2.24, 2.45) is 0 Å². The third kappa shape index (κ3) is 4.95. The molecule has 0 radical (unpaired) electrons. The molecule has 4 nitrogen and oxygen atoms in total. The topological polar surface area (TPSA) is 53.2 Å². The van der Waals surface area contributed by atoms with E-state index in [0.717, 1.165) is 30.6 Å². The normalized spacial score (nSPS) is 17.3. The summed E-state index contributed by atoms with van der Waals surface area (Å²) in [5.74, 6) is 0. The molecule has 1 aromatic heterocycles. The van der Waals surface area contributed by atoms with E-state index < -0.39 is 9.84 Å². The number of nitrogens with one attached hydrogen (secondary N) is 1. The average Bonchev–Trinajstić information content (AvgIpc) is 3.46. The summed E-state index contributed by atoms with van der Waals surface area (Å²) in [6.07, 6.45) is 7.22. The van der Waals surface area contributed by atoms with E-state index in [-0.39, 0.29) is 0 Å². The summed E-state index contributed by atoms with van der Waals surface area (Å²) in [4.78, 5) is 6.29. The quantitative estimate of drug-likeness (QED) is 0.381. The van der Waals surface area contributed by atoms with Gasteiger partial charge in [0.2, 0.25) is 0 Å². The molecule has 0 spiro atoms. The van der Waals surface area contributed by atoms with Gasteiger partial charge in [-0.3, -0.25) is 4.90 Å². The van der Waals surface area contributed by atoms with E-state index in [4.69, 9.17) is 0 Å². The van der Waals surface area contributed by atoms with Gasteiger partial charge in [-0.15, -0.1) is 0 Å². The molecule has 0 saturated carbocycles. The van der Waals surface area contributed by atoms with Crippen molar-refractivity contribution < 1.29 is 8.42 Å². The molecule has 1 aliphatic rings. The highest BCUT2D eigenvalue weighted by Gasteiger charge is 2.25. The Labute approximate surface area is 195 Å². The summed E-state index contributed by atoms with van der Waals surface area (Å²) >= 11 is 0. The second kappa shape index (κ2) is 9.38. The van der Waals surface area contributed by atoms with Gasteiger partial charge in [0, 0.05) is 35.1 Å². The molecule has 1 N–H and O–H groups in total. The molecule has 1 atom stereocenters. The van der Waals surface area contributed by atoms with Crippen molar-refractivity contribution in [3.05, 3.63) is 107 Å². The lowest BCUT2D eigenvalue weighted by atomic mass is 10.0. The molecule has 3 aromatic carbocycles. The van der Waals surface area contributed by atoms with Gasteiger partial charge in [0.05, 0.1) is 4.90 Å². The monoisotopic (exact) mass is 456 g/mol. The Kier molecular flexibility index (Phi) is 6.16. The molecule has 4 aromatic rings. The van der Waals surface area contributed by atoms with Gasteiger partial charge in [0.1, 0.15) is 0 Å². The fraction of sp³-hybridized carbons (Fsp3) is 0.214. The van der Waals surface area contributed by atoms with Crippen LogP contribution in [0.3, 0.4) is 0 Å². The number of sulfone groups is 1. The van der Waals surface area contributed by atoms with Gasteiger partial charge in [-0.25, -0.2) is 8.42 Å².